The summed E-state index contributed by atoms with van der Waals surface area (Å²) in [5.74, 6) is 2.50. The van der Waals surface area contributed by atoms with Gasteiger partial charge in [0.1, 0.15) is 11.9 Å². The predicted octanol–water partition coefficient (Wildman–Crippen LogP) is 12.4. The van der Waals surface area contributed by atoms with Crippen LogP contribution in [0.4, 0.5) is 0 Å². The summed E-state index contributed by atoms with van der Waals surface area (Å²) in [4.78, 5) is 0. The van der Waals surface area contributed by atoms with Gasteiger partial charge >= 0.3 is 11.5 Å². The molecule has 4 aromatic carbocycles. The second kappa shape index (κ2) is 14.5. The highest BCUT2D eigenvalue weighted by Crippen LogP contribution is 2.36. The molecule has 2 heterocycles. The van der Waals surface area contributed by atoms with Gasteiger partial charge in [-0.1, -0.05) is 127 Å². The lowest BCUT2D eigenvalue weighted by Gasteiger charge is -2.24. The monoisotopic (exact) mass is 631 g/mol. The first-order valence-corrected chi connectivity index (χ1v) is 16.6. The molecular weight excluding hydrogens is 596 g/mol. The van der Waals surface area contributed by atoms with Gasteiger partial charge in [-0.05, 0) is 77.5 Å². The highest BCUT2D eigenvalue weighted by Gasteiger charge is 2.21. The molecule has 1 aromatic heterocycles. The first-order chi connectivity index (χ1) is 23.2. The molecule has 0 radical (unpaired) electrons. The van der Waals surface area contributed by atoms with Crippen LogP contribution in [0.5, 0.6) is 0 Å². The molecule has 2 aliphatic rings. The molecule has 1 unspecified atom stereocenters. The molecule has 0 saturated heterocycles. The predicted molar refractivity (Wildman–Crippen MR) is 196 cm³/mol. The molecule has 0 spiro atoms. The van der Waals surface area contributed by atoms with Crippen molar-refractivity contribution in [3.63, 3.8) is 0 Å². The average Bonchev–Trinajstić information content (AvgIpc) is 3.15. The minimum atomic E-state index is -0.0979. The molecule has 7 rings (SSSR count). The van der Waals surface area contributed by atoms with Crippen LogP contribution in [0.2, 0.25) is 0 Å². The van der Waals surface area contributed by atoms with Crippen molar-refractivity contribution in [3.05, 3.63) is 191 Å². The SMILES string of the molecule is ClC1=C(C=Cc2cc(-c3ccccc3)cc(-c3ccccc3)[o+]2)CCCC1=CCC1C=C(c2ccccc2)C=C(c2ccccc2)O1. The average molecular weight is 632 g/mol. The zero-order valence-electron chi connectivity index (χ0n) is 26.2. The van der Waals surface area contributed by atoms with Crippen LogP contribution in [0.25, 0.3) is 39.9 Å². The largest absolute Gasteiger partial charge is 0.485 e. The van der Waals surface area contributed by atoms with Crippen LogP contribution < -0.4 is 0 Å². The van der Waals surface area contributed by atoms with Crippen LogP contribution >= 0.6 is 11.6 Å². The van der Waals surface area contributed by atoms with Crippen LogP contribution in [0.3, 0.4) is 0 Å². The Morgan fingerprint density at radius 2 is 1.28 bits per heavy atom. The highest BCUT2D eigenvalue weighted by atomic mass is 35.5. The Morgan fingerprint density at radius 1 is 0.660 bits per heavy atom. The van der Waals surface area contributed by atoms with E-state index in [0.717, 1.165) is 75.8 Å². The molecule has 0 N–H and O–H groups in total. The van der Waals surface area contributed by atoms with Crippen molar-refractivity contribution in [1.29, 1.82) is 0 Å². The standard InChI is InChI=1S/C44H36ClO2/c45-44-36(24-26-40-28-38(32-14-5-1-6-15-32)30-42(46-40)34-18-9-3-10-19-34)22-13-23-37(44)25-27-41-29-39(33-16-7-2-8-17-33)31-43(47-41)35-20-11-4-12-21-35/h1-12,14-21,24-26,28-31,41H,13,22-23,27H2/q+1. The van der Waals surface area contributed by atoms with Crippen molar-refractivity contribution in [2.24, 2.45) is 0 Å². The fraction of sp³-hybridized carbons (Fsp3) is 0.114. The van der Waals surface area contributed by atoms with E-state index in [1.165, 1.54) is 16.7 Å². The summed E-state index contributed by atoms with van der Waals surface area (Å²) < 4.78 is 12.9. The summed E-state index contributed by atoms with van der Waals surface area (Å²) in [6.07, 6.45) is 14.4. The van der Waals surface area contributed by atoms with E-state index in [1.807, 2.05) is 48.5 Å². The first-order valence-electron chi connectivity index (χ1n) is 16.3. The molecule has 0 fully saturated rings. The molecule has 5 aromatic rings. The van der Waals surface area contributed by atoms with Gasteiger partial charge in [0.15, 0.2) is 0 Å². The van der Waals surface area contributed by atoms with Crippen molar-refractivity contribution in [2.45, 2.75) is 31.8 Å². The van der Waals surface area contributed by atoms with Crippen molar-refractivity contribution in [1.82, 2.24) is 0 Å². The van der Waals surface area contributed by atoms with Crippen LogP contribution in [0.15, 0.2) is 178 Å². The van der Waals surface area contributed by atoms with E-state index in [-0.39, 0.29) is 6.10 Å². The van der Waals surface area contributed by atoms with E-state index in [0.29, 0.717) is 0 Å². The summed E-state index contributed by atoms with van der Waals surface area (Å²) in [7, 11) is 0. The van der Waals surface area contributed by atoms with E-state index in [1.54, 1.807) is 0 Å². The summed E-state index contributed by atoms with van der Waals surface area (Å²) in [5, 5.41) is 0.830. The number of ether oxygens (including phenoxy) is 1. The Hall–Kier alpha value is -5.18. The Bertz CT molecular complexity index is 1930. The number of allylic oxidation sites excluding steroid dienone is 6. The van der Waals surface area contributed by atoms with Crippen LogP contribution in [0.1, 0.15) is 42.6 Å². The lowest BCUT2D eigenvalue weighted by atomic mass is 9.92. The van der Waals surface area contributed by atoms with Gasteiger partial charge in [-0.2, -0.15) is 0 Å². The third kappa shape index (κ3) is 7.46. The summed E-state index contributed by atoms with van der Waals surface area (Å²) in [6, 6.07) is 45.7. The van der Waals surface area contributed by atoms with Gasteiger partial charge in [-0.25, -0.2) is 4.42 Å². The zero-order chi connectivity index (χ0) is 31.8. The van der Waals surface area contributed by atoms with E-state index >= 15 is 0 Å². The van der Waals surface area contributed by atoms with Gasteiger partial charge < -0.3 is 4.74 Å². The van der Waals surface area contributed by atoms with E-state index in [2.05, 4.69) is 115 Å². The maximum atomic E-state index is 7.10. The molecule has 47 heavy (non-hydrogen) atoms. The van der Waals surface area contributed by atoms with E-state index < -0.39 is 0 Å². The summed E-state index contributed by atoms with van der Waals surface area (Å²) in [6.45, 7) is 0. The molecular formula is C44H36ClO2+. The van der Waals surface area contributed by atoms with Gasteiger partial charge in [0.25, 0.3) is 0 Å². The number of hydrogen-bond acceptors (Lipinski definition) is 1. The third-order valence-corrected chi connectivity index (χ3v) is 9.06. The zero-order valence-corrected chi connectivity index (χ0v) is 26.9. The molecule has 0 bridgehead atoms. The number of benzene rings is 4. The Labute approximate surface area is 282 Å². The van der Waals surface area contributed by atoms with Crippen molar-refractivity contribution >= 4 is 29.0 Å². The lowest BCUT2D eigenvalue weighted by molar-refractivity contribution is 0.212. The molecule has 3 heteroatoms. The maximum Gasteiger partial charge on any atom is 0.361 e. The Kier molecular flexibility index (Phi) is 9.40. The molecule has 0 amide bonds. The fourth-order valence-electron chi connectivity index (χ4n) is 6.13. The number of rotatable bonds is 8. The van der Waals surface area contributed by atoms with Crippen molar-refractivity contribution in [3.8, 4) is 22.5 Å². The van der Waals surface area contributed by atoms with Gasteiger partial charge in [0.2, 0.25) is 0 Å². The van der Waals surface area contributed by atoms with Gasteiger partial charge in [-0.3, -0.25) is 0 Å². The van der Waals surface area contributed by atoms with Crippen molar-refractivity contribution < 1.29 is 9.15 Å². The van der Waals surface area contributed by atoms with E-state index in [4.69, 9.17) is 20.8 Å². The maximum absolute atomic E-state index is 7.10. The van der Waals surface area contributed by atoms with Crippen LogP contribution in [-0.4, -0.2) is 6.10 Å². The van der Waals surface area contributed by atoms with Gasteiger partial charge in [0, 0.05) is 28.7 Å². The topological polar surface area (TPSA) is 20.5 Å². The summed E-state index contributed by atoms with van der Waals surface area (Å²) >= 11 is 7.10. The Balaban J connectivity index is 1.15. The highest BCUT2D eigenvalue weighted by molar-refractivity contribution is 6.32. The molecule has 1 atom stereocenters. The number of halogens is 1. The van der Waals surface area contributed by atoms with Gasteiger partial charge in [-0.15, -0.1) is 0 Å². The Morgan fingerprint density at radius 3 is 1.96 bits per heavy atom. The van der Waals surface area contributed by atoms with Crippen LogP contribution in [-0.2, 0) is 4.74 Å². The van der Waals surface area contributed by atoms with Crippen molar-refractivity contribution in [2.75, 3.05) is 0 Å². The second-order valence-electron chi connectivity index (χ2n) is 11.9. The second-order valence-corrected chi connectivity index (χ2v) is 12.2. The molecule has 230 valence electrons. The molecule has 0 saturated carbocycles. The van der Waals surface area contributed by atoms with E-state index in [9.17, 15) is 0 Å². The first kappa shape index (κ1) is 30.5. The minimum absolute atomic E-state index is 0.0979. The third-order valence-electron chi connectivity index (χ3n) is 8.57. The smallest absolute Gasteiger partial charge is 0.361 e. The normalized spacial score (nSPS) is 17.4. The quantitative estimate of drug-likeness (QED) is 0.159. The molecule has 1 aliphatic heterocycles. The van der Waals surface area contributed by atoms with Gasteiger partial charge in [0.05, 0.1) is 17.7 Å². The molecule has 1 aliphatic carbocycles. The fourth-order valence-corrected chi connectivity index (χ4v) is 6.46. The van der Waals surface area contributed by atoms with Crippen LogP contribution in [0, 0.1) is 0 Å². The number of hydrogen-bond donors (Lipinski definition) is 0. The lowest BCUT2D eigenvalue weighted by Crippen LogP contribution is -2.13. The minimum Gasteiger partial charge on any atom is -0.485 e. The summed E-state index contributed by atoms with van der Waals surface area (Å²) in [5.41, 5.74) is 9.03. The molecule has 2 nitrogen and oxygen atoms in total.